The first-order chi connectivity index (χ1) is 4.25. The summed E-state index contributed by atoms with van der Waals surface area (Å²) in [5.41, 5.74) is 0. The lowest BCUT2D eigenvalue weighted by Gasteiger charge is -2.01. The van der Waals surface area contributed by atoms with Crippen molar-refractivity contribution in [2.45, 2.75) is 32.5 Å². The van der Waals surface area contributed by atoms with E-state index in [9.17, 15) is 0 Å². The number of epoxide rings is 1. The molecule has 1 nitrogen and oxygen atoms in total. The van der Waals surface area contributed by atoms with Gasteiger partial charge in [-0.2, -0.15) is 0 Å². The summed E-state index contributed by atoms with van der Waals surface area (Å²) in [4.78, 5) is 0. The van der Waals surface area contributed by atoms with Crippen molar-refractivity contribution in [1.82, 2.24) is 0 Å². The number of ether oxygens (including phenoxy) is 1. The maximum Gasteiger partial charge on any atom is 0.0867 e. The van der Waals surface area contributed by atoms with Gasteiger partial charge in [0.05, 0.1) is 12.2 Å². The Labute approximate surface area is 56.7 Å². The Morgan fingerprint density at radius 3 is 2.67 bits per heavy atom. The van der Waals surface area contributed by atoms with Crippen LogP contribution in [0.15, 0.2) is 12.7 Å². The third-order valence-electron chi connectivity index (χ3n) is 1.86. The Morgan fingerprint density at radius 1 is 1.78 bits per heavy atom. The second-order valence-electron chi connectivity index (χ2n) is 2.81. The second kappa shape index (κ2) is 2.53. The Bertz CT molecular complexity index is 109. The molecule has 1 fully saturated rings. The molecule has 1 heteroatoms. The first kappa shape index (κ1) is 6.81. The van der Waals surface area contributed by atoms with Crippen LogP contribution < -0.4 is 0 Å². The maximum atomic E-state index is 5.28. The van der Waals surface area contributed by atoms with Crippen LogP contribution in [0.5, 0.6) is 0 Å². The molecule has 1 saturated heterocycles. The summed E-state index contributed by atoms with van der Waals surface area (Å²) >= 11 is 0. The third kappa shape index (κ3) is 1.55. The van der Waals surface area contributed by atoms with Crippen molar-refractivity contribution < 1.29 is 4.74 Å². The van der Waals surface area contributed by atoms with Crippen molar-refractivity contribution in [3.63, 3.8) is 0 Å². The van der Waals surface area contributed by atoms with Gasteiger partial charge in [0.2, 0.25) is 0 Å². The molecule has 0 aromatic carbocycles. The fraction of sp³-hybridized carbons (Fsp3) is 0.750. The van der Waals surface area contributed by atoms with Gasteiger partial charge in [0.1, 0.15) is 0 Å². The minimum absolute atomic E-state index is 0.500. The number of allylic oxidation sites excluding steroid dienone is 1. The summed E-state index contributed by atoms with van der Waals surface area (Å²) < 4.78 is 5.28. The highest BCUT2D eigenvalue weighted by Gasteiger charge is 2.37. The van der Waals surface area contributed by atoms with Crippen LogP contribution >= 0.6 is 0 Å². The minimum atomic E-state index is 0.500. The first-order valence-electron chi connectivity index (χ1n) is 3.52. The van der Waals surface area contributed by atoms with E-state index in [1.807, 2.05) is 6.08 Å². The molecule has 1 aliphatic heterocycles. The lowest BCUT2D eigenvalue weighted by Crippen LogP contribution is -2.03. The predicted octanol–water partition coefficient (Wildman–Crippen LogP) is 1.99. The molecule has 0 aliphatic carbocycles. The summed E-state index contributed by atoms with van der Waals surface area (Å²) in [6, 6.07) is 0. The van der Waals surface area contributed by atoms with E-state index in [1.54, 1.807) is 0 Å². The van der Waals surface area contributed by atoms with Gasteiger partial charge in [-0.1, -0.05) is 13.0 Å². The van der Waals surface area contributed by atoms with E-state index < -0.39 is 0 Å². The maximum absolute atomic E-state index is 5.28. The molecule has 0 bridgehead atoms. The van der Waals surface area contributed by atoms with Crippen molar-refractivity contribution in [1.29, 1.82) is 0 Å². The fourth-order valence-electron chi connectivity index (χ4n) is 1.20. The lowest BCUT2D eigenvalue weighted by atomic mass is 10.0. The Morgan fingerprint density at radius 2 is 2.33 bits per heavy atom. The highest BCUT2D eigenvalue weighted by atomic mass is 16.6. The van der Waals surface area contributed by atoms with Gasteiger partial charge in [-0.3, -0.25) is 0 Å². The summed E-state index contributed by atoms with van der Waals surface area (Å²) in [6.07, 6.45) is 4.05. The average molecular weight is 126 g/mol. The molecule has 52 valence electrons. The smallest absolute Gasteiger partial charge is 0.0867 e. The minimum Gasteiger partial charge on any atom is -0.370 e. The lowest BCUT2D eigenvalue weighted by molar-refractivity contribution is 0.330. The summed E-state index contributed by atoms with van der Waals surface area (Å²) in [5, 5.41) is 0. The quantitative estimate of drug-likeness (QED) is 0.416. The van der Waals surface area contributed by atoms with Crippen LogP contribution in [0, 0.1) is 5.92 Å². The van der Waals surface area contributed by atoms with Crippen molar-refractivity contribution in [2.75, 3.05) is 0 Å². The van der Waals surface area contributed by atoms with Gasteiger partial charge in [-0.25, -0.2) is 0 Å². The van der Waals surface area contributed by atoms with Crippen molar-refractivity contribution in [2.24, 2.45) is 5.92 Å². The molecule has 1 aliphatic rings. The summed E-state index contributed by atoms with van der Waals surface area (Å²) in [6.45, 7) is 8.00. The molecule has 0 aromatic rings. The fourth-order valence-corrected chi connectivity index (χ4v) is 1.20. The van der Waals surface area contributed by atoms with Gasteiger partial charge in [0.25, 0.3) is 0 Å². The molecular formula is C8H14O. The molecule has 0 aromatic heterocycles. The average Bonchev–Trinajstić information content (AvgIpc) is 2.47. The molecular weight excluding hydrogens is 112 g/mol. The van der Waals surface area contributed by atoms with E-state index in [0.29, 0.717) is 18.1 Å². The van der Waals surface area contributed by atoms with E-state index in [0.717, 1.165) is 6.42 Å². The first-order valence-corrected chi connectivity index (χ1v) is 3.52. The van der Waals surface area contributed by atoms with E-state index in [2.05, 4.69) is 20.4 Å². The van der Waals surface area contributed by atoms with Gasteiger partial charge in [0, 0.05) is 0 Å². The van der Waals surface area contributed by atoms with Crippen molar-refractivity contribution in [3.05, 3.63) is 12.7 Å². The summed E-state index contributed by atoms with van der Waals surface area (Å²) in [7, 11) is 0. The molecule has 0 N–H and O–H groups in total. The SMILES string of the molecule is C=CCC(C)C1OC1C. The van der Waals surface area contributed by atoms with Crippen LogP contribution in [0.1, 0.15) is 20.3 Å². The second-order valence-corrected chi connectivity index (χ2v) is 2.81. The van der Waals surface area contributed by atoms with Crippen LogP contribution in [-0.4, -0.2) is 12.2 Å². The van der Waals surface area contributed by atoms with Gasteiger partial charge >= 0.3 is 0 Å². The topological polar surface area (TPSA) is 12.5 Å². The van der Waals surface area contributed by atoms with Crippen LogP contribution in [-0.2, 0) is 4.74 Å². The zero-order valence-corrected chi connectivity index (χ0v) is 6.13. The van der Waals surface area contributed by atoms with E-state index >= 15 is 0 Å². The Balaban J connectivity index is 2.18. The van der Waals surface area contributed by atoms with Gasteiger partial charge in [-0.05, 0) is 19.3 Å². The molecule has 1 rings (SSSR count). The predicted molar refractivity (Wildman–Crippen MR) is 38.3 cm³/mol. The molecule has 0 spiro atoms. The van der Waals surface area contributed by atoms with Gasteiger partial charge < -0.3 is 4.74 Å². The van der Waals surface area contributed by atoms with E-state index in [4.69, 9.17) is 4.74 Å². The normalized spacial score (nSPS) is 35.8. The Hall–Kier alpha value is -0.300. The molecule has 1 heterocycles. The molecule has 0 amide bonds. The molecule has 0 saturated carbocycles. The van der Waals surface area contributed by atoms with Crippen LogP contribution in [0.4, 0.5) is 0 Å². The number of hydrogen-bond donors (Lipinski definition) is 0. The van der Waals surface area contributed by atoms with Crippen molar-refractivity contribution >= 4 is 0 Å². The molecule has 3 unspecified atom stereocenters. The zero-order chi connectivity index (χ0) is 6.85. The largest absolute Gasteiger partial charge is 0.370 e. The third-order valence-corrected chi connectivity index (χ3v) is 1.86. The molecule has 0 radical (unpaired) electrons. The zero-order valence-electron chi connectivity index (χ0n) is 6.13. The number of rotatable bonds is 3. The molecule has 9 heavy (non-hydrogen) atoms. The summed E-state index contributed by atoms with van der Waals surface area (Å²) in [5.74, 6) is 0.664. The number of hydrogen-bond acceptors (Lipinski definition) is 1. The Kier molecular flexibility index (Phi) is 1.91. The van der Waals surface area contributed by atoms with Crippen LogP contribution in [0.2, 0.25) is 0 Å². The van der Waals surface area contributed by atoms with Crippen LogP contribution in [0.25, 0.3) is 0 Å². The molecule has 3 atom stereocenters. The van der Waals surface area contributed by atoms with E-state index in [-0.39, 0.29) is 0 Å². The van der Waals surface area contributed by atoms with E-state index in [1.165, 1.54) is 0 Å². The standard InChI is InChI=1S/C8H14O/c1-4-5-6(2)8-7(3)9-8/h4,6-8H,1,5H2,2-3H3. The van der Waals surface area contributed by atoms with Gasteiger partial charge in [0.15, 0.2) is 0 Å². The van der Waals surface area contributed by atoms with Crippen LogP contribution in [0.3, 0.4) is 0 Å². The van der Waals surface area contributed by atoms with Gasteiger partial charge in [-0.15, -0.1) is 6.58 Å². The monoisotopic (exact) mass is 126 g/mol. The van der Waals surface area contributed by atoms with Crippen molar-refractivity contribution in [3.8, 4) is 0 Å². The highest BCUT2D eigenvalue weighted by molar-refractivity contribution is 4.88. The highest BCUT2D eigenvalue weighted by Crippen LogP contribution is 2.30.